The van der Waals surface area contributed by atoms with Crippen molar-refractivity contribution in [2.24, 2.45) is 5.41 Å². The van der Waals surface area contributed by atoms with Crippen LogP contribution >= 0.6 is 0 Å². The monoisotopic (exact) mass is 356 g/mol. The zero-order chi connectivity index (χ0) is 19.1. The lowest BCUT2D eigenvalue weighted by atomic mass is 9.94. The Morgan fingerprint density at radius 2 is 1.65 bits per heavy atom. The fraction of sp³-hybridized carbons (Fsp3) is 0.550. The van der Waals surface area contributed by atoms with Gasteiger partial charge in [0.15, 0.2) is 0 Å². The Hall–Kier alpha value is -2.37. The largest absolute Gasteiger partial charge is 0.339 e. The van der Waals surface area contributed by atoms with Crippen molar-refractivity contribution in [1.29, 1.82) is 0 Å². The maximum atomic E-state index is 12.8. The molecule has 0 aliphatic carbocycles. The molecule has 1 aliphatic heterocycles. The highest BCUT2D eigenvalue weighted by Crippen LogP contribution is 2.21. The fourth-order valence-corrected chi connectivity index (χ4v) is 3.35. The van der Waals surface area contributed by atoms with Crippen molar-refractivity contribution in [3.63, 3.8) is 0 Å². The van der Waals surface area contributed by atoms with Crippen molar-refractivity contribution in [1.82, 2.24) is 19.4 Å². The first-order chi connectivity index (χ1) is 12.2. The van der Waals surface area contributed by atoms with E-state index in [1.165, 1.54) is 0 Å². The Morgan fingerprint density at radius 3 is 2.23 bits per heavy atom. The van der Waals surface area contributed by atoms with Gasteiger partial charge in [-0.3, -0.25) is 9.59 Å². The molecule has 1 aliphatic rings. The molecule has 0 spiro atoms. The average Bonchev–Trinajstić information content (AvgIpc) is 3.03. The number of benzene rings is 1. The molecule has 0 unspecified atom stereocenters. The van der Waals surface area contributed by atoms with Gasteiger partial charge in [0.25, 0.3) is 5.91 Å². The Kier molecular flexibility index (Phi) is 4.78. The molecule has 1 aromatic heterocycles. The van der Waals surface area contributed by atoms with Crippen LogP contribution < -0.4 is 0 Å². The number of carbonyl (C=O) groups excluding carboxylic acids is 2. The van der Waals surface area contributed by atoms with Crippen LogP contribution in [0.4, 0.5) is 0 Å². The van der Waals surface area contributed by atoms with Crippen molar-refractivity contribution in [3.05, 3.63) is 30.1 Å². The summed E-state index contributed by atoms with van der Waals surface area (Å²) in [4.78, 5) is 33.3. The molecule has 0 N–H and O–H groups in total. The second-order valence-corrected chi connectivity index (χ2v) is 8.28. The van der Waals surface area contributed by atoms with Gasteiger partial charge in [0, 0.05) is 43.2 Å². The SMILES string of the molecule is CC(C)n1cnc2cc(C(=O)N3CCN(C(=O)C(C)(C)C)CC3)ccc21. The van der Waals surface area contributed by atoms with Crippen LogP contribution in [0.1, 0.15) is 51.0 Å². The van der Waals surface area contributed by atoms with Crippen LogP contribution in [0.5, 0.6) is 0 Å². The normalized spacial score (nSPS) is 15.8. The minimum absolute atomic E-state index is 0.00820. The Balaban J connectivity index is 1.71. The minimum atomic E-state index is -0.382. The summed E-state index contributed by atoms with van der Waals surface area (Å²) in [6.07, 6.45) is 1.82. The third-order valence-electron chi connectivity index (χ3n) is 4.87. The molecular formula is C20H28N4O2. The molecular weight excluding hydrogens is 328 g/mol. The molecule has 2 aromatic rings. The molecule has 6 nitrogen and oxygen atoms in total. The molecule has 26 heavy (non-hydrogen) atoms. The highest BCUT2D eigenvalue weighted by molar-refractivity contribution is 5.97. The van der Waals surface area contributed by atoms with Crippen molar-refractivity contribution < 1.29 is 9.59 Å². The quantitative estimate of drug-likeness (QED) is 0.831. The van der Waals surface area contributed by atoms with Gasteiger partial charge in [-0.15, -0.1) is 0 Å². The van der Waals surface area contributed by atoms with Crippen LogP contribution in [-0.2, 0) is 4.79 Å². The van der Waals surface area contributed by atoms with Crippen molar-refractivity contribution >= 4 is 22.8 Å². The molecule has 3 rings (SSSR count). The van der Waals surface area contributed by atoms with Gasteiger partial charge in [0.1, 0.15) is 0 Å². The van der Waals surface area contributed by atoms with Gasteiger partial charge in [-0.25, -0.2) is 4.98 Å². The van der Waals surface area contributed by atoms with Gasteiger partial charge in [-0.05, 0) is 32.0 Å². The molecule has 2 heterocycles. The van der Waals surface area contributed by atoms with Crippen LogP contribution in [0.3, 0.4) is 0 Å². The number of rotatable bonds is 2. The molecule has 1 saturated heterocycles. The summed E-state index contributed by atoms with van der Waals surface area (Å²) in [5, 5.41) is 0. The van der Waals surface area contributed by atoms with E-state index < -0.39 is 0 Å². The molecule has 0 atom stereocenters. The molecule has 0 radical (unpaired) electrons. The summed E-state index contributed by atoms with van der Waals surface area (Å²) in [7, 11) is 0. The number of amides is 2. The smallest absolute Gasteiger partial charge is 0.254 e. The minimum Gasteiger partial charge on any atom is -0.339 e. The van der Waals surface area contributed by atoms with E-state index in [4.69, 9.17) is 0 Å². The first-order valence-electron chi connectivity index (χ1n) is 9.23. The van der Waals surface area contributed by atoms with Crippen LogP contribution in [0, 0.1) is 5.41 Å². The van der Waals surface area contributed by atoms with E-state index >= 15 is 0 Å². The maximum absolute atomic E-state index is 12.8. The van der Waals surface area contributed by atoms with Crippen LogP contribution in [0.15, 0.2) is 24.5 Å². The van der Waals surface area contributed by atoms with E-state index in [-0.39, 0.29) is 17.2 Å². The average molecular weight is 356 g/mol. The third-order valence-corrected chi connectivity index (χ3v) is 4.87. The number of carbonyl (C=O) groups is 2. The Bertz CT molecular complexity index is 824. The number of aromatic nitrogens is 2. The number of hydrogen-bond donors (Lipinski definition) is 0. The summed E-state index contributed by atoms with van der Waals surface area (Å²) >= 11 is 0. The van der Waals surface area contributed by atoms with Gasteiger partial charge in [-0.2, -0.15) is 0 Å². The highest BCUT2D eigenvalue weighted by atomic mass is 16.2. The van der Waals surface area contributed by atoms with Crippen LogP contribution in [0.2, 0.25) is 0 Å². The first-order valence-corrected chi connectivity index (χ1v) is 9.23. The van der Waals surface area contributed by atoms with E-state index in [9.17, 15) is 9.59 Å². The Labute approximate surface area is 154 Å². The van der Waals surface area contributed by atoms with Crippen LogP contribution in [-0.4, -0.2) is 57.3 Å². The van der Waals surface area contributed by atoms with E-state index in [0.29, 0.717) is 37.8 Å². The second kappa shape index (κ2) is 6.74. The van der Waals surface area contributed by atoms with Gasteiger partial charge < -0.3 is 14.4 Å². The van der Waals surface area contributed by atoms with E-state index in [0.717, 1.165) is 11.0 Å². The topological polar surface area (TPSA) is 58.4 Å². The number of nitrogens with zero attached hydrogens (tertiary/aromatic N) is 4. The summed E-state index contributed by atoms with van der Waals surface area (Å²) < 4.78 is 2.10. The number of hydrogen-bond acceptors (Lipinski definition) is 3. The lowest BCUT2D eigenvalue weighted by Gasteiger charge is -2.37. The fourth-order valence-electron chi connectivity index (χ4n) is 3.35. The summed E-state index contributed by atoms with van der Waals surface area (Å²) in [6, 6.07) is 6.03. The summed E-state index contributed by atoms with van der Waals surface area (Å²) in [5.41, 5.74) is 2.15. The van der Waals surface area contributed by atoms with E-state index in [2.05, 4.69) is 23.4 Å². The lowest BCUT2D eigenvalue weighted by molar-refractivity contribution is -0.140. The van der Waals surface area contributed by atoms with Gasteiger partial charge in [0.2, 0.25) is 5.91 Å². The zero-order valence-corrected chi connectivity index (χ0v) is 16.3. The Morgan fingerprint density at radius 1 is 1.04 bits per heavy atom. The van der Waals surface area contributed by atoms with Crippen molar-refractivity contribution in [2.45, 2.75) is 40.7 Å². The second-order valence-electron chi connectivity index (χ2n) is 8.28. The summed E-state index contributed by atoms with van der Waals surface area (Å²) in [6.45, 7) is 12.3. The van der Waals surface area contributed by atoms with Gasteiger partial charge in [0.05, 0.1) is 17.4 Å². The predicted molar refractivity (Wildman–Crippen MR) is 102 cm³/mol. The maximum Gasteiger partial charge on any atom is 0.254 e. The highest BCUT2D eigenvalue weighted by Gasteiger charge is 2.31. The number of fused-ring (bicyclic) bond motifs is 1. The molecule has 2 amide bonds. The molecule has 0 saturated carbocycles. The molecule has 0 bridgehead atoms. The van der Waals surface area contributed by atoms with Crippen molar-refractivity contribution in [2.75, 3.05) is 26.2 Å². The molecule has 6 heteroatoms. The predicted octanol–water partition coefficient (Wildman–Crippen LogP) is 2.95. The van der Waals surface area contributed by atoms with E-state index in [1.807, 2.05) is 55.1 Å². The van der Waals surface area contributed by atoms with Gasteiger partial charge >= 0.3 is 0 Å². The lowest BCUT2D eigenvalue weighted by Crippen LogP contribution is -2.53. The van der Waals surface area contributed by atoms with E-state index in [1.54, 1.807) is 0 Å². The standard InChI is InChI=1S/C20H28N4O2/c1-14(2)24-13-21-16-12-15(6-7-17(16)24)18(25)22-8-10-23(11-9-22)19(26)20(3,4)5/h6-7,12-14H,8-11H2,1-5H3. The number of imidazole rings is 1. The first kappa shape index (κ1) is 18.4. The van der Waals surface area contributed by atoms with Crippen molar-refractivity contribution in [3.8, 4) is 0 Å². The molecule has 1 fully saturated rings. The van der Waals surface area contributed by atoms with Gasteiger partial charge in [-0.1, -0.05) is 20.8 Å². The molecule has 140 valence electrons. The van der Waals surface area contributed by atoms with Crippen LogP contribution in [0.25, 0.3) is 11.0 Å². The third kappa shape index (κ3) is 3.45. The summed E-state index contributed by atoms with van der Waals surface area (Å²) in [5.74, 6) is 0.152. The molecule has 1 aromatic carbocycles. The zero-order valence-electron chi connectivity index (χ0n) is 16.3. The number of piperazine rings is 1.